The number of hydrogen-bond donors (Lipinski definition) is 1. The van der Waals surface area contributed by atoms with Gasteiger partial charge in [-0.05, 0) is 31.4 Å². The van der Waals surface area contributed by atoms with Gasteiger partial charge in [0.15, 0.2) is 0 Å². The summed E-state index contributed by atoms with van der Waals surface area (Å²) in [5.41, 5.74) is 2.29. The smallest absolute Gasteiger partial charge is 0.246 e. The maximum Gasteiger partial charge on any atom is 0.246 e. The van der Waals surface area contributed by atoms with E-state index in [4.69, 9.17) is 0 Å². The molecule has 1 aromatic heterocycles. The first-order valence-electron chi connectivity index (χ1n) is 8.75. The normalized spacial score (nSPS) is 22.5. The number of aromatic nitrogens is 1. The van der Waals surface area contributed by atoms with Crippen LogP contribution in [0.25, 0.3) is 0 Å². The van der Waals surface area contributed by atoms with Crippen molar-refractivity contribution in [3.8, 4) is 0 Å². The van der Waals surface area contributed by atoms with Crippen molar-refractivity contribution in [2.75, 3.05) is 32.7 Å². The number of carbonyl (C=O) groups excluding carboxylic acids is 2. The van der Waals surface area contributed by atoms with Gasteiger partial charge in [0.25, 0.3) is 0 Å². The fourth-order valence-corrected chi connectivity index (χ4v) is 3.63. The maximum atomic E-state index is 12.8. The Bertz CT molecular complexity index is 594. The van der Waals surface area contributed by atoms with Crippen molar-refractivity contribution in [2.24, 2.45) is 0 Å². The van der Waals surface area contributed by atoms with Crippen LogP contribution in [-0.2, 0) is 9.59 Å². The summed E-state index contributed by atoms with van der Waals surface area (Å²) in [5.74, 6) is 0.476. The van der Waals surface area contributed by atoms with E-state index < -0.39 is 0 Å². The zero-order valence-electron chi connectivity index (χ0n) is 14.5. The van der Waals surface area contributed by atoms with Crippen LogP contribution in [0.2, 0.25) is 0 Å². The van der Waals surface area contributed by atoms with Gasteiger partial charge in [0.2, 0.25) is 11.8 Å². The number of rotatable bonds is 2. The Morgan fingerprint density at radius 1 is 1.21 bits per heavy atom. The zero-order valence-corrected chi connectivity index (χ0v) is 14.5. The van der Waals surface area contributed by atoms with E-state index in [2.05, 4.69) is 22.4 Å². The number of aryl methyl sites for hydroxylation is 1. The van der Waals surface area contributed by atoms with Gasteiger partial charge in [-0.25, -0.2) is 0 Å². The Morgan fingerprint density at radius 3 is 2.58 bits per heavy atom. The van der Waals surface area contributed by atoms with Crippen molar-refractivity contribution in [2.45, 2.75) is 38.6 Å². The second kappa shape index (κ2) is 7.30. The molecule has 3 heterocycles. The number of nitrogens with one attached hydrogen (secondary N) is 1. The van der Waals surface area contributed by atoms with Crippen molar-refractivity contribution in [3.05, 3.63) is 29.6 Å². The van der Waals surface area contributed by atoms with E-state index in [1.807, 2.05) is 18.0 Å². The van der Waals surface area contributed by atoms with Crippen molar-refractivity contribution >= 4 is 11.8 Å². The van der Waals surface area contributed by atoms with Crippen LogP contribution in [0.5, 0.6) is 0 Å². The van der Waals surface area contributed by atoms with Gasteiger partial charge < -0.3 is 15.1 Å². The lowest BCUT2D eigenvalue weighted by atomic mass is 9.92. The molecule has 130 valence electrons. The van der Waals surface area contributed by atoms with Crippen LogP contribution in [0.15, 0.2) is 18.3 Å². The van der Waals surface area contributed by atoms with Gasteiger partial charge in [-0.3, -0.25) is 14.6 Å². The third kappa shape index (κ3) is 3.59. The summed E-state index contributed by atoms with van der Waals surface area (Å²) < 4.78 is 0. The standard InChI is InChI=1S/C18H26N4O2/c1-13-3-4-16(20-11-13)15-5-8-21(9-6-15)18(24)17-12-19-7-10-22(17)14(2)23/h3-4,11,15,17,19H,5-10,12H2,1-2H3/t17-/m1/s1. The molecular weight excluding hydrogens is 304 g/mol. The van der Waals surface area contributed by atoms with Gasteiger partial charge in [0.1, 0.15) is 6.04 Å². The summed E-state index contributed by atoms with van der Waals surface area (Å²) in [6, 6.07) is 3.84. The average Bonchev–Trinajstić information content (AvgIpc) is 2.62. The number of carbonyl (C=O) groups is 2. The molecule has 1 N–H and O–H groups in total. The number of pyridine rings is 1. The molecule has 1 atom stereocenters. The Morgan fingerprint density at radius 2 is 1.96 bits per heavy atom. The number of hydrogen-bond acceptors (Lipinski definition) is 4. The molecule has 2 saturated heterocycles. The lowest BCUT2D eigenvalue weighted by Crippen LogP contribution is -2.60. The van der Waals surface area contributed by atoms with Crippen LogP contribution in [0.4, 0.5) is 0 Å². The van der Waals surface area contributed by atoms with E-state index in [0.717, 1.165) is 38.2 Å². The molecule has 2 amide bonds. The largest absolute Gasteiger partial charge is 0.341 e. The van der Waals surface area contributed by atoms with E-state index in [-0.39, 0.29) is 17.9 Å². The third-order valence-corrected chi connectivity index (χ3v) is 5.09. The van der Waals surface area contributed by atoms with Gasteiger partial charge in [0, 0.05) is 57.5 Å². The number of piperazine rings is 1. The summed E-state index contributed by atoms with van der Waals surface area (Å²) in [5, 5.41) is 3.23. The van der Waals surface area contributed by atoms with E-state index in [1.54, 1.807) is 11.8 Å². The average molecular weight is 330 g/mol. The van der Waals surface area contributed by atoms with Crippen molar-refractivity contribution in [1.82, 2.24) is 20.1 Å². The van der Waals surface area contributed by atoms with E-state index in [0.29, 0.717) is 19.0 Å². The maximum absolute atomic E-state index is 12.8. The second-order valence-electron chi connectivity index (χ2n) is 6.79. The van der Waals surface area contributed by atoms with Gasteiger partial charge >= 0.3 is 0 Å². The summed E-state index contributed by atoms with van der Waals surface area (Å²) in [6.07, 6.45) is 3.77. The van der Waals surface area contributed by atoms with Crippen molar-refractivity contribution in [1.29, 1.82) is 0 Å². The quantitative estimate of drug-likeness (QED) is 0.876. The summed E-state index contributed by atoms with van der Waals surface area (Å²) in [4.78, 5) is 32.8. The summed E-state index contributed by atoms with van der Waals surface area (Å²) >= 11 is 0. The first kappa shape index (κ1) is 16.9. The van der Waals surface area contributed by atoms with Crippen LogP contribution in [0.3, 0.4) is 0 Å². The minimum atomic E-state index is -0.356. The predicted molar refractivity (Wildman–Crippen MR) is 91.6 cm³/mol. The molecule has 0 saturated carbocycles. The zero-order chi connectivity index (χ0) is 17.1. The topological polar surface area (TPSA) is 65.5 Å². The molecule has 0 bridgehead atoms. The van der Waals surface area contributed by atoms with Gasteiger partial charge in [-0.15, -0.1) is 0 Å². The molecule has 6 nitrogen and oxygen atoms in total. The molecule has 2 aliphatic rings. The van der Waals surface area contributed by atoms with Crippen LogP contribution in [0, 0.1) is 6.92 Å². The van der Waals surface area contributed by atoms with Crippen molar-refractivity contribution < 1.29 is 9.59 Å². The molecule has 1 aromatic rings. The highest BCUT2D eigenvalue weighted by atomic mass is 16.2. The first-order chi connectivity index (χ1) is 11.6. The fourth-order valence-electron chi connectivity index (χ4n) is 3.63. The summed E-state index contributed by atoms with van der Waals surface area (Å²) in [7, 11) is 0. The minimum Gasteiger partial charge on any atom is -0.341 e. The Kier molecular flexibility index (Phi) is 5.14. The van der Waals surface area contributed by atoms with E-state index in [1.165, 1.54) is 5.56 Å². The first-order valence-corrected chi connectivity index (χ1v) is 8.75. The molecule has 6 heteroatoms. The molecule has 0 spiro atoms. The van der Waals surface area contributed by atoms with Crippen LogP contribution < -0.4 is 5.32 Å². The molecule has 2 aliphatic heterocycles. The molecule has 0 aliphatic carbocycles. The Labute approximate surface area is 143 Å². The molecule has 2 fully saturated rings. The van der Waals surface area contributed by atoms with Gasteiger partial charge in [-0.1, -0.05) is 6.07 Å². The highest BCUT2D eigenvalue weighted by Crippen LogP contribution is 2.27. The van der Waals surface area contributed by atoms with Crippen LogP contribution in [-0.4, -0.2) is 65.4 Å². The van der Waals surface area contributed by atoms with E-state index >= 15 is 0 Å². The summed E-state index contributed by atoms with van der Waals surface area (Å²) in [6.45, 7) is 6.97. The lowest BCUT2D eigenvalue weighted by molar-refractivity contribution is -0.146. The lowest BCUT2D eigenvalue weighted by Gasteiger charge is -2.39. The number of nitrogens with zero attached hydrogens (tertiary/aromatic N) is 3. The highest BCUT2D eigenvalue weighted by Gasteiger charge is 2.35. The van der Waals surface area contributed by atoms with Gasteiger partial charge in [-0.2, -0.15) is 0 Å². The number of likely N-dealkylation sites (tertiary alicyclic amines) is 1. The molecule has 0 aromatic carbocycles. The molecule has 24 heavy (non-hydrogen) atoms. The van der Waals surface area contributed by atoms with Crippen LogP contribution in [0.1, 0.15) is 36.9 Å². The second-order valence-corrected chi connectivity index (χ2v) is 6.79. The Balaban J connectivity index is 1.60. The predicted octanol–water partition coefficient (Wildman–Crippen LogP) is 0.916. The third-order valence-electron chi connectivity index (χ3n) is 5.09. The molecule has 0 unspecified atom stereocenters. The molecule has 3 rings (SSSR count). The SMILES string of the molecule is CC(=O)N1CCNC[C@@H]1C(=O)N1CCC(c2ccc(C)cn2)CC1. The Hall–Kier alpha value is -1.95. The molecule has 0 radical (unpaired) electrons. The minimum absolute atomic E-state index is 0.0198. The van der Waals surface area contributed by atoms with Crippen molar-refractivity contribution in [3.63, 3.8) is 0 Å². The monoisotopic (exact) mass is 330 g/mol. The molecular formula is C18H26N4O2. The fraction of sp³-hybridized carbons (Fsp3) is 0.611. The van der Waals surface area contributed by atoms with Gasteiger partial charge in [0.05, 0.1) is 0 Å². The number of amides is 2. The number of piperidine rings is 1. The van der Waals surface area contributed by atoms with Crippen LogP contribution >= 0.6 is 0 Å². The van der Waals surface area contributed by atoms with E-state index in [9.17, 15) is 9.59 Å². The highest BCUT2D eigenvalue weighted by molar-refractivity contribution is 5.87.